The fourth-order valence-corrected chi connectivity index (χ4v) is 1.62. The van der Waals surface area contributed by atoms with Crippen molar-refractivity contribution in [2.75, 3.05) is 6.54 Å². The molecule has 0 spiro atoms. The Bertz CT molecular complexity index is 339. The maximum absolute atomic E-state index is 12.6. The van der Waals surface area contributed by atoms with Gasteiger partial charge in [0, 0.05) is 12.1 Å². The molecular weight excluding hydrogens is 229 g/mol. The Kier molecular flexibility index (Phi) is 5.26. The summed E-state index contributed by atoms with van der Waals surface area (Å²) in [6.45, 7) is 2.47. The van der Waals surface area contributed by atoms with Crippen molar-refractivity contribution in [2.24, 2.45) is 0 Å². The van der Waals surface area contributed by atoms with Gasteiger partial charge in [0.25, 0.3) is 5.91 Å². The van der Waals surface area contributed by atoms with Crippen LogP contribution in [0, 0.1) is 5.82 Å². The average molecular weight is 244 g/mol. The number of rotatable bonds is 5. The van der Waals surface area contributed by atoms with Crippen molar-refractivity contribution in [1.29, 1.82) is 0 Å². The molecule has 0 saturated heterocycles. The lowest BCUT2D eigenvalue weighted by atomic mass is 10.2. The van der Waals surface area contributed by atoms with Crippen molar-refractivity contribution in [3.63, 3.8) is 0 Å². The monoisotopic (exact) mass is 243 g/mol. The van der Waals surface area contributed by atoms with Gasteiger partial charge in [-0.2, -0.15) is 0 Å². The Morgan fingerprint density at radius 1 is 1.44 bits per heavy atom. The van der Waals surface area contributed by atoms with Gasteiger partial charge in [-0.1, -0.05) is 13.3 Å². The molecule has 0 bridgehead atoms. The first kappa shape index (κ1) is 13.0. The lowest BCUT2D eigenvalue weighted by molar-refractivity contribution is 0.0953. The van der Waals surface area contributed by atoms with E-state index in [4.69, 9.17) is 11.6 Å². The van der Waals surface area contributed by atoms with Gasteiger partial charge in [0.2, 0.25) is 0 Å². The van der Waals surface area contributed by atoms with Gasteiger partial charge < -0.3 is 5.32 Å². The summed E-state index contributed by atoms with van der Waals surface area (Å²) in [5.74, 6) is -0.570. The first-order valence-corrected chi connectivity index (χ1v) is 5.75. The number of alkyl halides is 1. The maximum Gasteiger partial charge on any atom is 0.251 e. The molecule has 4 heteroatoms. The van der Waals surface area contributed by atoms with E-state index in [1.54, 1.807) is 0 Å². The number of halogens is 2. The number of hydrogen-bond donors (Lipinski definition) is 1. The van der Waals surface area contributed by atoms with Gasteiger partial charge in [0.05, 0.1) is 5.38 Å². The van der Waals surface area contributed by atoms with Crippen molar-refractivity contribution < 1.29 is 9.18 Å². The standard InChI is InChI=1S/C12H15ClFNO/c1-2-3-10(13)8-15-12(16)9-4-6-11(14)7-5-9/h4-7,10H,2-3,8H2,1H3,(H,15,16). The number of benzene rings is 1. The summed E-state index contributed by atoms with van der Waals surface area (Å²) < 4.78 is 12.6. The zero-order valence-electron chi connectivity index (χ0n) is 9.17. The topological polar surface area (TPSA) is 29.1 Å². The quantitative estimate of drug-likeness (QED) is 0.792. The minimum absolute atomic E-state index is 0.0469. The smallest absolute Gasteiger partial charge is 0.251 e. The first-order valence-electron chi connectivity index (χ1n) is 5.31. The molecule has 2 nitrogen and oxygen atoms in total. The van der Waals surface area contributed by atoms with Crippen molar-refractivity contribution >= 4 is 17.5 Å². The molecule has 0 aromatic heterocycles. The van der Waals surface area contributed by atoms with Crippen LogP contribution in [0.2, 0.25) is 0 Å². The van der Waals surface area contributed by atoms with E-state index in [1.165, 1.54) is 24.3 Å². The highest BCUT2D eigenvalue weighted by atomic mass is 35.5. The van der Waals surface area contributed by atoms with E-state index in [2.05, 4.69) is 5.32 Å². The zero-order chi connectivity index (χ0) is 12.0. The molecule has 0 fully saturated rings. The van der Waals surface area contributed by atoms with Crippen LogP contribution in [0.25, 0.3) is 0 Å². The van der Waals surface area contributed by atoms with Crippen molar-refractivity contribution in [1.82, 2.24) is 5.32 Å². The molecule has 0 aliphatic carbocycles. The van der Waals surface area contributed by atoms with E-state index in [-0.39, 0.29) is 17.1 Å². The van der Waals surface area contributed by atoms with Crippen LogP contribution in [0.5, 0.6) is 0 Å². The minimum Gasteiger partial charge on any atom is -0.351 e. The molecule has 16 heavy (non-hydrogen) atoms. The summed E-state index contributed by atoms with van der Waals surface area (Å²) in [6, 6.07) is 5.43. The van der Waals surface area contributed by atoms with Crippen molar-refractivity contribution in [3.05, 3.63) is 35.6 Å². The van der Waals surface area contributed by atoms with E-state index in [1.807, 2.05) is 6.92 Å². The summed E-state index contributed by atoms with van der Waals surface area (Å²) in [5.41, 5.74) is 0.446. The van der Waals surface area contributed by atoms with Crippen molar-refractivity contribution in [2.45, 2.75) is 25.1 Å². The molecule has 1 atom stereocenters. The van der Waals surface area contributed by atoms with Gasteiger partial charge in [0.15, 0.2) is 0 Å². The zero-order valence-corrected chi connectivity index (χ0v) is 9.93. The van der Waals surface area contributed by atoms with E-state index in [9.17, 15) is 9.18 Å². The molecule has 1 amide bonds. The van der Waals surface area contributed by atoms with Gasteiger partial charge >= 0.3 is 0 Å². The Morgan fingerprint density at radius 3 is 2.62 bits per heavy atom. The van der Waals surface area contributed by atoms with Gasteiger partial charge in [-0.15, -0.1) is 11.6 Å². The largest absolute Gasteiger partial charge is 0.351 e. The molecule has 1 rings (SSSR count). The third-order valence-corrected chi connectivity index (χ3v) is 2.56. The van der Waals surface area contributed by atoms with Crippen LogP contribution in [-0.4, -0.2) is 17.8 Å². The summed E-state index contributed by atoms with van der Waals surface area (Å²) in [6.07, 6.45) is 1.85. The van der Waals surface area contributed by atoms with Crippen molar-refractivity contribution in [3.8, 4) is 0 Å². The Morgan fingerprint density at radius 2 is 2.06 bits per heavy atom. The van der Waals surface area contributed by atoms with Crippen LogP contribution in [0.1, 0.15) is 30.1 Å². The molecule has 1 aromatic rings. The highest BCUT2D eigenvalue weighted by Crippen LogP contribution is 2.05. The van der Waals surface area contributed by atoms with E-state index < -0.39 is 0 Å². The van der Waals surface area contributed by atoms with Crippen LogP contribution in [0.4, 0.5) is 4.39 Å². The van der Waals surface area contributed by atoms with Crippen LogP contribution in [0.15, 0.2) is 24.3 Å². The molecule has 0 heterocycles. The number of carbonyl (C=O) groups is 1. The van der Waals surface area contributed by atoms with Gasteiger partial charge in [-0.3, -0.25) is 4.79 Å². The SMILES string of the molecule is CCCC(Cl)CNC(=O)c1ccc(F)cc1. The molecule has 1 aromatic carbocycles. The van der Waals surface area contributed by atoms with Gasteiger partial charge in [-0.25, -0.2) is 4.39 Å². The van der Waals surface area contributed by atoms with Crippen LogP contribution >= 0.6 is 11.6 Å². The summed E-state index contributed by atoms with van der Waals surface area (Å²) >= 11 is 5.96. The Balaban J connectivity index is 2.43. The second kappa shape index (κ2) is 6.48. The number of amides is 1. The number of hydrogen-bond acceptors (Lipinski definition) is 1. The molecule has 1 N–H and O–H groups in total. The molecule has 1 unspecified atom stereocenters. The molecule has 0 aliphatic rings. The summed E-state index contributed by atoms with van der Waals surface area (Å²) in [7, 11) is 0. The second-order valence-corrected chi connectivity index (χ2v) is 4.22. The highest BCUT2D eigenvalue weighted by molar-refractivity contribution is 6.20. The van der Waals surface area contributed by atoms with E-state index in [0.717, 1.165) is 12.8 Å². The lowest BCUT2D eigenvalue weighted by Gasteiger charge is -2.09. The molecular formula is C12H15ClFNO. The second-order valence-electron chi connectivity index (χ2n) is 3.60. The lowest BCUT2D eigenvalue weighted by Crippen LogP contribution is -2.29. The summed E-state index contributed by atoms with van der Waals surface area (Å²) in [4.78, 5) is 11.6. The fourth-order valence-electron chi connectivity index (χ4n) is 1.32. The number of nitrogens with one attached hydrogen (secondary N) is 1. The highest BCUT2D eigenvalue weighted by Gasteiger charge is 2.08. The predicted molar refractivity (Wildman–Crippen MR) is 63.3 cm³/mol. The van der Waals surface area contributed by atoms with E-state index >= 15 is 0 Å². The maximum atomic E-state index is 12.6. The Hall–Kier alpha value is -1.09. The molecule has 0 saturated carbocycles. The van der Waals surface area contributed by atoms with E-state index in [0.29, 0.717) is 12.1 Å². The summed E-state index contributed by atoms with van der Waals surface area (Å²) in [5, 5.41) is 2.66. The minimum atomic E-state index is -0.349. The first-order chi connectivity index (χ1) is 7.63. The number of carbonyl (C=O) groups excluding carboxylic acids is 1. The third-order valence-electron chi connectivity index (χ3n) is 2.19. The molecule has 88 valence electrons. The van der Waals surface area contributed by atoms with Crippen LogP contribution < -0.4 is 5.32 Å². The van der Waals surface area contributed by atoms with Gasteiger partial charge in [-0.05, 0) is 30.7 Å². The predicted octanol–water partition coefficient (Wildman–Crippen LogP) is 2.96. The third kappa shape index (κ3) is 4.19. The van der Waals surface area contributed by atoms with Crippen LogP contribution in [0.3, 0.4) is 0 Å². The molecule has 0 radical (unpaired) electrons. The fraction of sp³-hybridized carbons (Fsp3) is 0.417. The normalized spacial score (nSPS) is 12.2. The van der Waals surface area contributed by atoms with Crippen LogP contribution in [-0.2, 0) is 0 Å². The average Bonchev–Trinajstić information content (AvgIpc) is 2.27. The Labute approximate surface area is 99.8 Å². The molecule has 0 aliphatic heterocycles. The van der Waals surface area contributed by atoms with Gasteiger partial charge in [0.1, 0.15) is 5.82 Å².